The Morgan fingerprint density at radius 1 is 1.00 bits per heavy atom. The summed E-state index contributed by atoms with van der Waals surface area (Å²) in [6.45, 7) is 2.80. The number of benzene rings is 1. The first-order valence-corrected chi connectivity index (χ1v) is 8.90. The molecule has 1 amide bonds. The number of carbonyl (C=O) groups is 2. The number of pyridine rings is 1. The largest absolute Gasteiger partial charge is 0.338 e. The Balaban J connectivity index is 1.58. The minimum atomic E-state index is -0.487. The molecule has 1 aromatic carbocycles. The van der Waals surface area contributed by atoms with Gasteiger partial charge in [0.05, 0.1) is 22.7 Å². The summed E-state index contributed by atoms with van der Waals surface area (Å²) in [5.74, 6) is 0.156. The van der Waals surface area contributed by atoms with E-state index in [1.807, 2.05) is 59.6 Å². The fourth-order valence-corrected chi connectivity index (χ4v) is 3.96. The van der Waals surface area contributed by atoms with Crippen molar-refractivity contribution in [3.63, 3.8) is 0 Å². The molecule has 0 unspecified atom stereocenters. The maximum Gasteiger partial charge on any atom is 0.257 e. The van der Waals surface area contributed by atoms with Gasteiger partial charge in [-0.25, -0.2) is 4.52 Å². The number of hydrogen-bond donors (Lipinski definition) is 0. The number of ketones is 1. The molecule has 0 spiro atoms. The molecule has 0 atom stereocenters. The Hall–Kier alpha value is -2.95. The monoisotopic (exact) mass is 347 g/mol. The zero-order valence-corrected chi connectivity index (χ0v) is 14.8. The third-order valence-corrected chi connectivity index (χ3v) is 5.56. The summed E-state index contributed by atoms with van der Waals surface area (Å²) in [6, 6.07) is 15.6. The Labute approximate surface area is 152 Å². The van der Waals surface area contributed by atoms with Crippen molar-refractivity contribution in [2.45, 2.75) is 25.2 Å². The summed E-state index contributed by atoms with van der Waals surface area (Å²) < 4.78 is 1.71. The molecule has 1 aliphatic rings. The predicted molar refractivity (Wildman–Crippen MR) is 99.1 cm³/mol. The summed E-state index contributed by atoms with van der Waals surface area (Å²) in [6.07, 6.45) is 4.76. The molecule has 0 saturated carbocycles. The van der Waals surface area contributed by atoms with Crippen LogP contribution in [-0.2, 0) is 10.2 Å². The van der Waals surface area contributed by atoms with Crippen molar-refractivity contribution >= 4 is 17.2 Å². The highest BCUT2D eigenvalue weighted by atomic mass is 16.2. The maximum absolute atomic E-state index is 13.0. The smallest absolute Gasteiger partial charge is 0.257 e. The van der Waals surface area contributed by atoms with Crippen LogP contribution in [0.4, 0.5) is 0 Å². The standard InChI is InChI=1S/C21H21N3O2/c1-16(25)21(17-7-3-2-4-8-17)10-13-23(14-11-21)20(26)18-15-22-24-12-6-5-9-19(18)24/h2-9,12,15H,10-11,13-14H2,1H3. The molecule has 1 fully saturated rings. The molecule has 0 N–H and O–H groups in total. The lowest BCUT2D eigenvalue weighted by Crippen LogP contribution is -2.48. The number of fused-ring (bicyclic) bond motifs is 1. The number of rotatable bonds is 3. The van der Waals surface area contributed by atoms with E-state index in [4.69, 9.17) is 0 Å². The van der Waals surface area contributed by atoms with Crippen LogP contribution in [0.5, 0.6) is 0 Å². The number of carbonyl (C=O) groups excluding carboxylic acids is 2. The molecule has 3 aromatic rings. The highest BCUT2D eigenvalue weighted by molar-refractivity contribution is 6.00. The van der Waals surface area contributed by atoms with Crippen molar-refractivity contribution in [1.82, 2.24) is 14.5 Å². The molecule has 26 heavy (non-hydrogen) atoms. The lowest BCUT2D eigenvalue weighted by Gasteiger charge is -2.40. The number of amides is 1. The van der Waals surface area contributed by atoms with Crippen molar-refractivity contribution in [2.24, 2.45) is 0 Å². The van der Waals surface area contributed by atoms with Crippen LogP contribution >= 0.6 is 0 Å². The van der Waals surface area contributed by atoms with Gasteiger partial charge in [-0.15, -0.1) is 0 Å². The summed E-state index contributed by atoms with van der Waals surface area (Å²) in [4.78, 5) is 27.3. The van der Waals surface area contributed by atoms with Gasteiger partial charge in [-0.1, -0.05) is 36.4 Å². The van der Waals surface area contributed by atoms with E-state index in [-0.39, 0.29) is 11.7 Å². The Morgan fingerprint density at radius 3 is 2.38 bits per heavy atom. The highest BCUT2D eigenvalue weighted by Gasteiger charge is 2.41. The molecular weight excluding hydrogens is 326 g/mol. The van der Waals surface area contributed by atoms with Crippen LogP contribution in [0, 0.1) is 0 Å². The average Bonchev–Trinajstić information content (AvgIpc) is 3.12. The Kier molecular flexibility index (Phi) is 4.07. The van der Waals surface area contributed by atoms with E-state index in [9.17, 15) is 9.59 Å². The second-order valence-corrected chi connectivity index (χ2v) is 6.89. The summed E-state index contributed by atoms with van der Waals surface area (Å²) >= 11 is 0. The number of aromatic nitrogens is 2. The van der Waals surface area contributed by atoms with Gasteiger partial charge in [-0.2, -0.15) is 5.10 Å². The van der Waals surface area contributed by atoms with Gasteiger partial charge in [0.2, 0.25) is 0 Å². The third kappa shape index (κ3) is 2.60. The van der Waals surface area contributed by atoms with Gasteiger partial charge in [0.25, 0.3) is 5.91 Å². The van der Waals surface area contributed by atoms with Gasteiger partial charge in [-0.05, 0) is 37.5 Å². The zero-order valence-electron chi connectivity index (χ0n) is 14.8. The van der Waals surface area contributed by atoms with Crippen LogP contribution in [0.3, 0.4) is 0 Å². The van der Waals surface area contributed by atoms with Gasteiger partial charge in [0.15, 0.2) is 0 Å². The molecule has 1 saturated heterocycles. The first-order valence-electron chi connectivity index (χ1n) is 8.90. The number of nitrogens with zero attached hydrogens (tertiary/aromatic N) is 3. The predicted octanol–water partition coefficient (Wildman–Crippen LogP) is 3.10. The lowest BCUT2D eigenvalue weighted by molar-refractivity contribution is -0.124. The quantitative estimate of drug-likeness (QED) is 0.731. The zero-order chi connectivity index (χ0) is 18.1. The average molecular weight is 347 g/mol. The molecule has 5 heteroatoms. The van der Waals surface area contributed by atoms with Crippen molar-refractivity contribution in [3.8, 4) is 0 Å². The molecule has 0 radical (unpaired) electrons. The number of hydrogen-bond acceptors (Lipinski definition) is 3. The minimum absolute atomic E-state index is 0.0172. The van der Waals surface area contributed by atoms with Crippen LogP contribution < -0.4 is 0 Å². The number of piperidine rings is 1. The molecule has 2 aromatic heterocycles. The van der Waals surface area contributed by atoms with E-state index in [2.05, 4.69) is 5.10 Å². The maximum atomic E-state index is 13.0. The highest BCUT2D eigenvalue weighted by Crippen LogP contribution is 2.37. The first-order chi connectivity index (χ1) is 12.6. The molecule has 4 rings (SSSR count). The van der Waals surface area contributed by atoms with Crippen molar-refractivity contribution in [1.29, 1.82) is 0 Å². The Bertz CT molecular complexity index is 954. The molecular formula is C21H21N3O2. The fraction of sp³-hybridized carbons (Fsp3) is 0.286. The summed E-state index contributed by atoms with van der Waals surface area (Å²) in [5.41, 5.74) is 1.99. The van der Waals surface area contributed by atoms with Crippen LogP contribution in [0.1, 0.15) is 35.7 Å². The van der Waals surface area contributed by atoms with E-state index in [0.29, 0.717) is 31.5 Å². The molecule has 0 aliphatic carbocycles. The van der Waals surface area contributed by atoms with Crippen LogP contribution in [0.25, 0.3) is 5.52 Å². The second-order valence-electron chi connectivity index (χ2n) is 6.89. The van der Waals surface area contributed by atoms with E-state index < -0.39 is 5.41 Å². The number of Topliss-reactive ketones (excluding diaryl/α,β-unsaturated/α-hetero) is 1. The van der Waals surface area contributed by atoms with Crippen LogP contribution in [0.2, 0.25) is 0 Å². The van der Waals surface area contributed by atoms with Crippen molar-refractivity contribution in [2.75, 3.05) is 13.1 Å². The van der Waals surface area contributed by atoms with Gasteiger partial charge in [0.1, 0.15) is 5.78 Å². The normalized spacial score (nSPS) is 16.6. The second kappa shape index (κ2) is 6.41. The minimum Gasteiger partial charge on any atom is -0.338 e. The van der Waals surface area contributed by atoms with Crippen molar-refractivity contribution < 1.29 is 9.59 Å². The summed E-state index contributed by atoms with van der Waals surface area (Å²) in [5, 5.41) is 4.25. The number of likely N-dealkylation sites (tertiary alicyclic amines) is 1. The van der Waals surface area contributed by atoms with Crippen LogP contribution in [0.15, 0.2) is 60.9 Å². The van der Waals surface area contributed by atoms with E-state index in [1.54, 1.807) is 17.6 Å². The summed E-state index contributed by atoms with van der Waals surface area (Å²) in [7, 11) is 0. The van der Waals surface area contributed by atoms with Gasteiger partial charge in [0, 0.05) is 19.3 Å². The molecule has 1 aliphatic heterocycles. The Morgan fingerprint density at radius 2 is 1.69 bits per heavy atom. The van der Waals surface area contributed by atoms with E-state index in [1.165, 1.54) is 0 Å². The molecule has 3 heterocycles. The van der Waals surface area contributed by atoms with Gasteiger partial charge < -0.3 is 4.90 Å². The fourth-order valence-electron chi connectivity index (χ4n) is 3.96. The first kappa shape index (κ1) is 16.5. The lowest BCUT2D eigenvalue weighted by atomic mass is 9.70. The van der Waals surface area contributed by atoms with Crippen LogP contribution in [-0.4, -0.2) is 39.3 Å². The molecule has 0 bridgehead atoms. The van der Waals surface area contributed by atoms with E-state index >= 15 is 0 Å². The van der Waals surface area contributed by atoms with Gasteiger partial charge >= 0.3 is 0 Å². The third-order valence-electron chi connectivity index (χ3n) is 5.56. The van der Waals surface area contributed by atoms with E-state index in [0.717, 1.165) is 11.1 Å². The SMILES string of the molecule is CC(=O)C1(c2ccccc2)CCN(C(=O)c2cnn3ccccc23)CC1. The molecule has 5 nitrogen and oxygen atoms in total. The topological polar surface area (TPSA) is 54.7 Å². The molecule has 132 valence electrons. The van der Waals surface area contributed by atoms with Gasteiger partial charge in [-0.3, -0.25) is 9.59 Å². The van der Waals surface area contributed by atoms with Crippen molar-refractivity contribution in [3.05, 3.63) is 72.1 Å².